The third-order valence-electron chi connectivity index (χ3n) is 3.70. The lowest BCUT2D eigenvalue weighted by Crippen LogP contribution is -2.39. The summed E-state index contributed by atoms with van der Waals surface area (Å²) < 4.78 is 10.4. The van der Waals surface area contributed by atoms with E-state index in [1.807, 2.05) is 13.0 Å². The minimum Gasteiger partial charge on any atom is -0.496 e. The number of fused-ring (bicyclic) bond motifs is 1. The summed E-state index contributed by atoms with van der Waals surface area (Å²) in [4.78, 5) is 24.3. The number of benzene rings is 1. The third kappa shape index (κ3) is 2.11. The van der Waals surface area contributed by atoms with Gasteiger partial charge in [0.1, 0.15) is 5.75 Å². The van der Waals surface area contributed by atoms with Gasteiger partial charge in [-0.2, -0.15) is 0 Å². The van der Waals surface area contributed by atoms with Crippen LogP contribution in [0.2, 0.25) is 0 Å². The van der Waals surface area contributed by atoms with Crippen molar-refractivity contribution in [1.82, 2.24) is 0 Å². The SMILES string of the molecule is CCOC(=O)[C@]1(C)CCC(=O)c2c(OC)cccc21. The maximum Gasteiger partial charge on any atom is 0.316 e. The first-order chi connectivity index (χ1) is 9.04. The molecule has 1 aromatic carbocycles. The van der Waals surface area contributed by atoms with Gasteiger partial charge < -0.3 is 9.47 Å². The Morgan fingerprint density at radius 1 is 1.42 bits per heavy atom. The van der Waals surface area contributed by atoms with Crippen LogP contribution in [0.15, 0.2) is 18.2 Å². The standard InChI is InChI=1S/C15H18O4/c1-4-19-14(17)15(2)9-8-11(16)13-10(15)6-5-7-12(13)18-3/h5-7H,4,8-9H2,1-3H3/t15-/m1/s1. The Hall–Kier alpha value is -1.84. The summed E-state index contributed by atoms with van der Waals surface area (Å²) in [6, 6.07) is 5.35. The zero-order chi connectivity index (χ0) is 14.0. The van der Waals surface area contributed by atoms with E-state index in [9.17, 15) is 9.59 Å². The van der Waals surface area contributed by atoms with E-state index in [1.54, 1.807) is 19.1 Å². The van der Waals surface area contributed by atoms with Crippen molar-refractivity contribution in [2.75, 3.05) is 13.7 Å². The molecule has 0 aromatic heterocycles. The van der Waals surface area contributed by atoms with Crippen LogP contribution in [-0.2, 0) is 14.9 Å². The molecule has 1 aliphatic rings. The van der Waals surface area contributed by atoms with Crippen molar-refractivity contribution in [3.8, 4) is 5.75 Å². The lowest BCUT2D eigenvalue weighted by atomic mass is 9.70. The van der Waals surface area contributed by atoms with E-state index in [-0.39, 0.29) is 11.8 Å². The van der Waals surface area contributed by atoms with E-state index in [0.29, 0.717) is 36.3 Å². The van der Waals surface area contributed by atoms with E-state index in [2.05, 4.69) is 0 Å². The summed E-state index contributed by atoms with van der Waals surface area (Å²) in [6.45, 7) is 3.94. The fourth-order valence-corrected chi connectivity index (χ4v) is 2.57. The first-order valence-corrected chi connectivity index (χ1v) is 6.42. The fraction of sp³-hybridized carbons (Fsp3) is 0.467. The molecule has 0 unspecified atom stereocenters. The molecule has 0 N–H and O–H groups in total. The zero-order valence-electron chi connectivity index (χ0n) is 11.5. The normalized spacial score (nSPS) is 21.7. The number of Topliss-reactive ketones (excluding diaryl/α,β-unsaturated/α-hetero) is 1. The van der Waals surface area contributed by atoms with E-state index in [4.69, 9.17) is 9.47 Å². The van der Waals surface area contributed by atoms with Gasteiger partial charge in [0.15, 0.2) is 5.78 Å². The Kier molecular flexibility index (Phi) is 3.60. The molecule has 0 heterocycles. The first-order valence-electron chi connectivity index (χ1n) is 6.42. The van der Waals surface area contributed by atoms with E-state index in [0.717, 1.165) is 0 Å². The zero-order valence-corrected chi connectivity index (χ0v) is 11.5. The number of ether oxygens (including phenoxy) is 2. The number of methoxy groups -OCH3 is 1. The van der Waals surface area contributed by atoms with Gasteiger partial charge >= 0.3 is 5.97 Å². The van der Waals surface area contributed by atoms with Crippen LogP contribution in [0.3, 0.4) is 0 Å². The summed E-state index contributed by atoms with van der Waals surface area (Å²) in [6.07, 6.45) is 0.813. The Labute approximate surface area is 112 Å². The van der Waals surface area contributed by atoms with Crippen LogP contribution in [0.1, 0.15) is 42.6 Å². The molecular weight excluding hydrogens is 244 g/mol. The quantitative estimate of drug-likeness (QED) is 0.785. The molecule has 0 bridgehead atoms. The first kappa shape index (κ1) is 13.6. The number of carbonyl (C=O) groups is 2. The molecule has 102 valence electrons. The molecule has 1 atom stereocenters. The van der Waals surface area contributed by atoms with E-state index >= 15 is 0 Å². The molecule has 0 amide bonds. The average Bonchev–Trinajstić information content (AvgIpc) is 2.42. The highest BCUT2D eigenvalue weighted by Gasteiger charge is 2.43. The number of hydrogen-bond acceptors (Lipinski definition) is 4. The molecule has 2 rings (SSSR count). The van der Waals surface area contributed by atoms with Gasteiger partial charge in [0.05, 0.1) is 24.7 Å². The second-order valence-electron chi connectivity index (χ2n) is 4.86. The van der Waals surface area contributed by atoms with E-state index < -0.39 is 5.41 Å². The number of carbonyl (C=O) groups excluding carboxylic acids is 2. The molecule has 0 saturated heterocycles. The molecule has 4 heteroatoms. The van der Waals surface area contributed by atoms with Crippen molar-refractivity contribution in [3.63, 3.8) is 0 Å². The number of esters is 1. The Morgan fingerprint density at radius 2 is 2.16 bits per heavy atom. The summed E-state index contributed by atoms with van der Waals surface area (Å²) in [5.41, 5.74) is 0.460. The number of ketones is 1. The minimum absolute atomic E-state index is 0.0224. The number of hydrogen-bond donors (Lipinski definition) is 0. The Balaban J connectivity index is 2.57. The molecule has 19 heavy (non-hydrogen) atoms. The molecule has 0 radical (unpaired) electrons. The van der Waals surface area contributed by atoms with Crippen molar-refractivity contribution in [2.24, 2.45) is 0 Å². The van der Waals surface area contributed by atoms with Crippen molar-refractivity contribution in [1.29, 1.82) is 0 Å². The highest BCUT2D eigenvalue weighted by Crippen LogP contribution is 2.41. The van der Waals surface area contributed by atoms with Crippen LogP contribution in [0.25, 0.3) is 0 Å². The summed E-state index contributed by atoms with van der Waals surface area (Å²) in [5, 5.41) is 0. The lowest BCUT2D eigenvalue weighted by Gasteiger charge is -2.33. The molecule has 0 saturated carbocycles. The van der Waals surface area contributed by atoms with Gasteiger partial charge in [-0.3, -0.25) is 9.59 Å². The highest BCUT2D eigenvalue weighted by atomic mass is 16.5. The topological polar surface area (TPSA) is 52.6 Å². The van der Waals surface area contributed by atoms with Gasteiger partial charge in [-0.25, -0.2) is 0 Å². The van der Waals surface area contributed by atoms with Crippen LogP contribution < -0.4 is 4.74 Å². The van der Waals surface area contributed by atoms with Gasteiger partial charge in [0, 0.05) is 6.42 Å². The van der Waals surface area contributed by atoms with Gasteiger partial charge in [0.25, 0.3) is 0 Å². The predicted octanol–water partition coefficient (Wildman–Crippen LogP) is 2.49. The third-order valence-corrected chi connectivity index (χ3v) is 3.70. The summed E-state index contributed by atoms with van der Waals surface area (Å²) in [7, 11) is 1.53. The predicted molar refractivity (Wildman–Crippen MR) is 70.5 cm³/mol. The molecule has 1 aliphatic carbocycles. The van der Waals surface area contributed by atoms with Gasteiger partial charge in [-0.05, 0) is 31.9 Å². The second kappa shape index (κ2) is 5.03. The monoisotopic (exact) mass is 262 g/mol. The van der Waals surface area contributed by atoms with Crippen LogP contribution in [0, 0.1) is 0 Å². The van der Waals surface area contributed by atoms with Crippen LogP contribution in [-0.4, -0.2) is 25.5 Å². The molecule has 0 spiro atoms. The van der Waals surface area contributed by atoms with Gasteiger partial charge in [-0.1, -0.05) is 12.1 Å². The smallest absolute Gasteiger partial charge is 0.316 e. The number of rotatable bonds is 3. The van der Waals surface area contributed by atoms with Gasteiger partial charge in [0.2, 0.25) is 0 Å². The van der Waals surface area contributed by atoms with Crippen LogP contribution in [0.5, 0.6) is 5.75 Å². The lowest BCUT2D eigenvalue weighted by molar-refractivity contribution is -0.149. The van der Waals surface area contributed by atoms with Crippen LogP contribution >= 0.6 is 0 Å². The largest absolute Gasteiger partial charge is 0.496 e. The maximum atomic E-state index is 12.2. The molecule has 0 aliphatic heterocycles. The highest BCUT2D eigenvalue weighted by molar-refractivity contribution is 6.04. The fourth-order valence-electron chi connectivity index (χ4n) is 2.57. The Morgan fingerprint density at radius 3 is 2.79 bits per heavy atom. The molecular formula is C15H18O4. The van der Waals surface area contributed by atoms with Crippen molar-refractivity contribution in [3.05, 3.63) is 29.3 Å². The average molecular weight is 262 g/mol. The van der Waals surface area contributed by atoms with Crippen molar-refractivity contribution >= 4 is 11.8 Å². The molecule has 4 nitrogen and oxygen atoms in total. The maximum absolute atomic E-state index is 12.2. The molecule has 1 aromatic rings. The van der Waals surface area contributed by atoms with E-state index in [1.165, 1.54) is 7.11 Å². The Bertz CT molecular complexity index is 521. The minimum atomic E-state index is -0.770. The van der Waals surface area contributed by atoms with Crippen molar-refractivity contribution < 1.29 is 19.1 Å². The van der Waals surface area contributed by atoms with Gasteiger partial charge in [-0.15, -0.1) is 0 Å². The summed E-state index contributed by atoms with van der Waals surface area (Å²) in [5.74, 6) is 0.268. The summed E-state index contributed by atoms with van der Waals surface area (Å²) >= 11 is 0. The van der Waals surface area contributed by atoms with Crippen LogP contribution in [0.4, 0.5) is 0 Å². The van der Waals surface area contributed by atoms with Crippen molar-refractivity contribution in [2.45, 2.75) is 32.1 Å². The second-order valence-corrected chi connectivity index (χ2v) is 4.86. The molecule has 0 fully saturated rings.